The number of para-hydroxylation sites is 1. The first-order valence-electron chi connectivity index (χ1n) is 14.7. The standard InChI is InChI=1S/C32H41N3O9/c1-5-41-31(37)28-21(3)34-22(4)29(32(38)42-6-2)30(28)26-18-23(35(39)40)14-15-27(26)43-17-11-10-16-33-19-24(36)20-44-25-12-8-7-9-13-25/h7-9,12-15,18,24,28,30,33,36H,5-6,10-11,16-17,19-20H2,1-4H3. The fourth-order valence-corrected chi connectivity index (χ4v) is 4.98. The monoisotopic (exact) mass is 611 g/mol. The number of hydrogen-bond donors (Lipinski definition) is 2. The summed E-state index contributed by atoms with van der Waals surface area (Å²) in [6, 6.07) is 13.4. The predicted octanol–water partition coefficient (Wildman–Crippen LogP) is 4.36. The van der Waals surface area contributed by atoms with Gasteiger partial charge in [0.05, 0.1) is 30.3 Å². The SMILES string of the molecule is CCOC(=O)C1=C(C)N=C(C)C(C(=O)OCC)C1c1cc([N+](=O)[O-])ccc1OCCCCNCC(O)COc1ccccc1. The lowest BCUT2D eigenvalue weighted by atomic mass is 9.75. The third kappa shape index (κ3) is 9.35. The maximum atomic E-state index is 13.2. The molecule has 3 unspecified atom stereocenters. The summed E-state index contributed by atoms with van der Waals surface area (Å²) in [5, 5.41) is 25.1. The van der Waals surface area contributed by atoms with Crippen molar-refractivity contribution in [2.75, 3.05) is 39.5 Å². The minimum Gasteiger partial charge on any atom is -0.493 e. The average Bonchev–Trinajstić information content (AvgIpc) is 2.99. The van der Waals surface area contributed by atoms with Crippen molar-refractivity contribution in [3.8, 4) is 11.5 Å². The zero-order chi connectivity index (χ0) is 32.1. The van der Waals surface area contributed by atoms with Crippen LogP contribution in [-0.4, -0.2) is 73.3 Å². The number of aliphatic hydroxyl groups excluding tert-OH is 1. The van der Waals surface area contributed by atoms with E-state index >= 15 is 0 Å². The molecule has 2 aromatic rings. The van der Waals surface area contributed by atoms with Crippen molar-refractivity contribution in [2.45, 2.75) is 52.6 Å². The number of rotatable bonds is 17. The van der Waals surface area contributed by atoms with E-state index in [1.807, 2.05) is 30.3 Å². The van der Waals surface area contributed by atoms with Gasteiger partial charge in [-0.2, -0.15) is 0 Å². The highest BCUT2D eigenvalue weighted by Gasteiger charge is 2.44. The Morgan fingerprint density at radius 2 is 1.77 bits per heavy atom. The number of ether oxygens (including phenoxy) is 4. The summed E-state index contributed by atoms with van der Waals surface area (Å²) in [7, 11) is 0. The number of nitrogens with zero attached hydrogens (tertiary/aromatic N) is 2. The molecule has 2 aromatic carbocycles. The van der Waals surface area contributed by atoms with E-state index in [-0.39, 0.29) is 37.7 Å². The van der Waals surface area contributed by atoms with Gasteiger partial charge in [-0.05, 0) is 65.3 Å². The number of esters is 2. The molecule has 0 amide bonds. The molecule has 0 fully saturated rings. The molecular formula is C32H41N3O9. The van der Waals surface area contributed by atoms with Crippen LogP contribution in [0.25, 0.3) is 0 Å². The topological polar surface area (TPSA) is 159 Å². The predicted molar refractivity (Wildman–Crippen MR) is 164 cm³/mol. The third-order valence-electron chi connectivity index (χ3n) is 6.97. The number of benzene rings is 2. The molecule has 3 atom stereocenters. The van der Waals surface area contributed by atoms with Gasteiger partial charge in [0.1, 0.15) is 30.1 Å². The lowest BCUT2D eigenvalue weighted by Gasteiger charge is -2.32. The summed E-state index contributed by atoms with van der Waals surface area (Å²) in [5.74, 6) is -2.25. The molecule has 0 saturated heterocycles. The van der Waals surface area contributed by atoms with Gasteiger partial charge in [-0.1, -0.05) is 18.2 Å². The number of nitro groups is 1. The van der Waals surface area contributed by atoms with Crippen molar-refractivity contribution in [1.29, 1.82) is 0 Å². The Morgan fingerprint density at radius 3 is 2.45 bits per heavy atom. The molecular weight excluding hydrogens is 570 g/mol. The zero-order valence-electron chi connectivity index (χ0n) is 25.6. The number of aliphatic imine (C=N–C) groups is 1. The lowest BCUT2D eigenvalue weighted by Crippen LogP contribution is -2.36. The van der Waals surface area contributed by atoms with Crippen molar-refractivity contribution in [3.05, 3.63) is 75.5 Å². The second kappa shape index (κ2) is 17.1. The van der Waals surface area contributed by atoms with E-state index in [0.717, 1.165) is 6.42 Å². The lowest BCUT2D eigenvalue weighted by molar-refractivity contribution is -0.385. The molecule has 12 nitrogen and oxygen atoms in total. The summed E-state index contributed by atoms with van der Waals surface area (Å²) in [6.07, 6.45) is 0.683. The average molecular weight is 612 g/mol. The Kier molecular flexibility index (Phi) is 13.3. The van der Waals surface area contributed by atoms with Gasteiger partial charge in [0.25, 0.3) is 5.69 Å². The second-order valence-corrected chi connectivity index (χ2v) is 10.2. The quantitative estimate of drug-likeness (QED) is 0.114. The number of hydrogen-bond acceptors (Lipinski definition) is 11. The van der Waals surface area contributed by atoms with E-state index in [4.69, 9.17) is 18.9 Å². The van der Waals surface area contributed by atoms with Gasteiger partial charge in [-0.15, -0.1) is 0 Å². The maximum Gasteiger partial charge on any atom is 0.336 e. The summed E-state index contributed by atoms with van der Waals surface area (Å²) in [6.45, 7) is 8.27. The molecule has 0 radical (unpaired) electrons. The number of carbonyl (C=O) groups is 2. The smallest absolute Gasteiger partial charge is 0.336 e. The summed E-state index contributed by atoms with van der Waals surface area (Å²) in [5.41, 5.74) is 0.980. The van der Waals surface area contributed by atoms with Crippen LogP contribution >= 0.6 is 0 Å². The first-order valence-corrected chi connectivity index (χ1v) is 14.7. The first-order chi connectivity index (χ1) is 21.2. The normalized spacial score (nSPS) is 17.0. The zero-order valence-corrected chi connectivity index (χ0v) is 25.6. The molecule has 0 aliphatic carbocycles. The number of allylic oxidation sites excluding steroid dienone is 1. The van der Waals surface area contributed by atoms with Crippen LogP contribution in [0.4, 0.5) is 5.69 Å². The Bertz CT molecular complexity index is 1340. The van der Waals surface area contributed by atoms with Crippen molar-refractivity contribution >= 4 is 23.3 Å². The minimum absolute atomic E-state index is 0.0957. The highest BCUT2D eigenvalue weighted by atomic mass is 16.6. The van der Waals surface area contributed by atoms with Gasteiger partial charge in [0.15, 0.2) is 0 Å². The molecule has 2 N–H and O–H groups in total. The molecule has 44 heavy (non-hydrogen) atoms. The van der Waals surface area contributed by atoms with Crippen molar-refractivity contribution < 1.29 is 38.6 Å². The number of nitrogens with one attached hydrogen (secondary N) is 1. The summed E-state index contributed by atoms with van der Waals surface area (Å²) < 4.78 is 22.3. The van der Waals surface area contributed by atoms with Crippen LogP contribution in [0.15, 0.2) is 64.8 Å². The van der Waals surface area contributed by atoms with E-state index in [9.17, 15) is 24.8 Å². The van der Waals surface area contributed by atoms with Gasteiger partial charge in [-0.3, -0.25) is 19.9 Å². The Labute approximate surface area is 257 Å². The third-order valence-corrected chi connectivity index (χ3v) is 6.97. The molecule has 1 heterocycles. The van der Waals surface area contributed by atoms with Crippen LogP contribution in [0.1, 0.15) is 52.0 Å². The first kappa shape index (κ1) is 34.2. The molecule has 0 saturated carbocycles. The van der Waals surface area contributed by atoms with Gasteiger partial charge >= 0.3 is 11.9 Å². The molecule has 1 aliphatic rings. The number of unbranched alkanes of at least 4 members (excludes halogenated alkanes) is 1. The van der Waals surface area contributed by atoms with Crippen molar-refractivity contribution in [3.63, 3.8) is 0 Å². The van der Waals surface area contributed by atoms with Crippen LogP contribution in [0.5, 0.6) is 11.5 Å². The summed E-state index contributed by atoms with van der Waals surface area (Å²) in [4.78, 5) is 42.0. The van der Waals surface area contributed by atoms with Gasteiger partial charge in [0, 0.05) is 41.6 Å². The fraction of sp³-hybridized carbons (Fsp3) is 0.469. The van der Waals surface area contributed by atoms with Crippen molar-refractivity contribution in [1.82, 2.24) is 5.32 Å². The van der Waals surface area contributed by atoms with Crippen molar-refractivity contribution in [2.24, 2.45) is 10.9 Å². The molecule has 12 heteroatoms. The van der Waals surface area contributed by atoms with Crippen LogP contribution < -0.4 is 14.8 Å². The van der Waals surface area contributed by atoms with E-state index in [1.165, 1.54) is 18.2 Å². The largest absolute Gasteiger partial charge is 0.493 e. The van der Waals surface area contributed by atoms with E-state index < -0.39 is 34.8 Å². The number of non-ortho nitro benzene ring substituents is 1. The molecule has 0 spiro atoms. The molecule has 0 bridgehead atoms. The minimum atomic E-state index is -1.01. The highest BCUT2D eigenvalue weighted by Crippen LogP contribution is 2.44. The number of nitro benzene ring substituents is 1. The highest BCUT2D eigenvalue weighted by molar-refractivity contribution is 6.07. The van der Waals surface area contributed by atoms with Gasteiger partial charge in [0.2, 0.25) is 0 Å². The van der Waals surface area contributed by atoms with Crippen LogP contribution in [0.2, 0.25) is 0 Å². The number of carbonyl (C=O) groups excluding carboxylic acids is 2. The van der Waals surface area contributed by atoms with E-state index in [2.05, 4.69) is 10.3 Å². The summed E-state index contributed by atoms with van der Waals surface area (Å²) >= 11 is 0. The van der Waals surface area contributed by atoms with Gasteiger partial charge < -0.3 is 29.4 Å². The van der Waals surface area contributed by atoms with E-state index in [0.29, 0.717) is 48.0 Å². The van der Waals surface area contributed by atoms with Crippen LogP contribution in [-0.2, 0) is 19.1 Å². The number of aliphatic hydroxyl groups is 1. The molecule has 3 rings (SSSR count). The van der Waals surface area contributed by atoms with Crippen LogP contribution in [0.3, 0.4) is 0 Å². The van der Waals surface area contributed by atoms with Crippen LogP contribution in [0, 0.1) is 16.0 Å². The molecule has 1 aliphatic heterocycles. The van der Waals surface area contributed by atoms with E-state index in [1.54, 1.807) is 27.7 Å². The Hall–Kier alpha value is -4.29. The second-order valence-electron chi connectivity index (χ2n) is 10.2. The molecule has 0 aromatic heterocycles. The van der Waals surface area contributed by atoms with Gasteiger partial charge in [-0.25, -0.2) is 4.79 Å². The Morgan fingerprint density at radius 1 is 1.05 bits per heavy atom. The molecule has 238 valence electrons. The maximum absolute atomic E-state index is 13.2. The fourth-order valence-electron chi connectivity index (χ4n) is 4.98. The Balaban J connectivity index is 1.71.